The lowest BCUT2D eigenvalue weighted by molar-refractivity contribution is -0.384. The van der Waals surface area contributed by atoms with Crippen molar-refractivity contribution in [2.45, 2.75) is 0 Å². The summed E-state index contributed by atoms with van der Waals surface area (Å²) in [7, 11) is 0. The van der Waals surface area contributed by atoms with Crippen LogP contribution in [0.25, 0.3) is 5.65 Å². The van der Waals surface area contributed by atoms with Gasteiger partial charge in [0.05, 0.1) is 26.3 Å². The van der Waals surface area contributed by atoms with Crippen molar-refractivity contribution in [2.24, 2.45) is 0 Å². The van der Waals surface area contributed by atoms with Gasteiger partial charge in [-0.05, 0) is 22.0 Å². The Labute approximate surface area is 142 Å². The van der Waals surface area contributed by atoms with E-state index in [0.29, 0.717) is 5.65 Å². The van der Waals surface area contributed by atoms with E-state index in [1.54, 1.807) is 12.4 Å². The van der Waals surface area contributed by atoms with Crippen molar-refractivity contribution < 1.29 is 9.72 Å². The second-order valence-electron chi connectivity index (χ2n) is 4.47. The molecule has 0 spiro atoms. The van der Waals surface area contributed by atoms with Gasteiger partial charge >= 0.3 is 0 Å². The normalized spacial score (nSPS) is 10.7. The van der Waals surface area contributed by atoms with E-state index in [0.717, 1.165) is 4.47 Å². The Bertz CT molecular complexity index is 943. The van der Waals surface area contributed by atoms with E-state index in [9.17, 15) is 14.9 Å². The summed E-state index contributed by atoms with van der Waals surface area (Å²) in [6.07, 6.45) is 4.59. The number of non-ortho nitro benzene ring substituents is 1. The number of carbonyl (C=O) groups is 1. The van der Waals surface area contributed by atoms with E-state index in [2.05, 4.69) is 31.3 Å². The average molecular weight is 397 g/mol. The van der Waals surface area contributed by atoms with Crippen LogP contribution in [0.15, 0.2) is 41.3 Å². The minimum atomic E-state index is -0.565. The molecule has 0 bridgehead atoms. The quantitative estimate of drug-likeness (QED) is 0.540. The molecule has 1 aromatic carbocycles. The first-order valence-corrected chi connectivity index (χ1v) is 7.37. The van der Waals surface area contributed by atoms with Crippen LogP contribution < -0.4 is 5.32 Å². The maximum atomic E-state index is 12.3. The van der Waals surface area contributed by atoms with Crippen LogP contribution in [-0.4, -0.2) is 25.4 Å². The Balaban J connectivity index is 1.90. The molecule has 3 aromatic rings. The molecule has 116 valence electrons. The maximum Gasteiger partial charge on any atom is 0.271 e. The van der Waals surface area contributed by atoms with Gasteiger partial charge in [-0.15, -0.1) is 0 Å². The molecule has 8 nitrogen and oxygen atoms in total. The number of halogens is 2. The van der Waals surface area contributed by atoms with E-state index in [-0.39, 0.29) is 22.0 Å². The van der Waals surface area contributed by atoms with Crippen molar-refractivity contribution in [1.29, 1.82) is 0 Å². The predicted molar refractivity (Wildman–Crippen MR) is 86.7 cm³/mol. The fraction of sp³-hybridized carbons (Fsp3) is 0. The smallest absolute Gasteiger partial charge is 0.271 e. The van der Waals surface area contributed by atoms with Crippen molar-refractivity contribution >= 4 is 50.5 Å². The van der Waals surface area contributed by atoms with Gasteiger partial charge in [-0.25, -0.2) is 9.50 Å². The molecule has 0 fully saturated rings. The molecule has 0 atom stereocenters. The second-order valence-corrected chi connectivity index (χ2v) is 5.80. The van der Waals surface area contributed by atoms with Crippen LogP contribution in [0.3, 0.4) is 0 Å². The molecule has 0 unspecified atom stereocenters. The highest BCUT2D eigenvalue weighted by molar-refractivity contribution is 9.10. The van der Waals surface area contributed by atoms with Crippen LogP contribution in [0.5, 0.6) is 0 Å². The molecule has 23 heavy (non-hydrogen) atoms. The van der Waals surface area contributed by atoms with Gasteiger partial charge < -0.3 is 5.32 Å². The number of fused-ring (bicyclic) bond motifs is 1. The van der Waals surface area contributed by atoms with Crippen molar-refractivity contribution in [3.05, 3.63) is 62.0 Å². The number of aromatic nitrogens is 3. The fourth-order valence-electron chi connectivity index (χ4n) is 1.92. The van der Waals surface area contributed by atoms with Gasteiger partial charge in [-0.3, -0.25) is 14.9 Å². The zero-order chi connectivity index (χ0) is 16.6. The number of hydrogen-bond acceptors (Lipinski definition) is 5. The summed E-state index contributed by atoms with van der Waals surface area (Å²) in [4.78, 5) is 26.6. The Kier molecular flexibility index (Phi) is 3.97. The minimum absolute atomic E-state index is 0.0692. The predicted octanol–water partition coefficient (Wildman–Crippen LogP) is 3.31. The molecule has 10 heteroatoms. The molecule has 0 aliphatic heterocycles. The number of benzene rings is 1. The van der Waals surface area contributed by atoms with E-state index >= 15 is 0 Å². The summed E-state index contributed by atoms with van der Waals surface area (Å²) in [5.74, 6) is -0.467. The molecule has 1 amide bonds. The van der Waals surface area contributed by atoms with E-state index in [4.69, 9.17) is 11.6 Å². The lowest BCUT2D eigenvalue weighted by Gasteiger charge is -2.06. The van der Waals surface area contributed by atoms with Gasteiger partial charge in [0.2, 0.25) is 0 Å². The van der Waals surface area contributed by atoms with E-state index < -0.39 is 10.8 Å². The standard InChI is InChI=1S/C13H7BrClN5O3/c14-7-4-16-12-9(5-17-19(12)6-7)13(21)18-11-2-1-8(20(22)23)3-10(11)15/h1-6H,(H,18,21). The molecule has 0 saturated carbocycles. The molecule has 3 rings (SSSR count). The van der Waals surface area contributed by atoms with Crippen molar-refractivity contribution in [3.63, 3.8) is 0 Å². The van der Waals surface area contributed by atoms with Gasteiger partial charge in [-0.1, -0.05) is 11.6 Å². The molecule has 1 N–H and O–H groups in total. The zero-order valence-electron chi connectivity index (χ0n) is 11.2. The van der Waals surface area contributed by atoms with Gasteiger partial charge in [0.1, 0.15) is 5.56 Å². The monoisotopic (exact) mass is 395 g/mol. The van der Waals surface area contributed by atoms with Crippen molar-refractivity contribution in [3.8, 4) is 0 Å². The Morgan fingerprint density at radius 1 is 1.39 bits per heavy atom. The molecule has 0 radical (unpaired) electrons. The maximum absolute atomic E-state index is 12.3. The Hall–Kier alpha value is -2.52. The third-order valence-electron chi connectivity index (χ3n) is 2.98. The molecule has 2 aromatic heterocycles. The van der Waals surface area contributed by atoms with Crippen LogP contribution >= 0.6 is 27.5 Å². The topological polar surface area (TPSA) is 102 Å². The second kappa shape index (κ2) is 5.94. The first-order valence-electron chi connectivity index (χ1n) is 6.20. The molecular weight excluding hydrogens is 390 g/mol. The molecule has 0 aliphatic rings. The third kappa shape index (κ3) is 3.01. The van der Waals surface area contributed by atoms with E-state index in [1.807, 2.05) is 0 Å². The Morgan fingerprint density at radius 2 is 2.17 bits per heavy atom. The Morgan fingerprint density at radius 3 is 2.87 bits per heavy atom. The summed E-state index contributed by atoms with van der Waals surface area (Å²) in [5, 5.41) is 17.4. The van der Waals surface area contributed by atoms with Crippen molar-refractivity contribution in [1.82, 2.24) is 14.6 Å². The number of carbonyl (C=O) groups excluding carboxylic acids is 1. The summed E-state index contributed by atoms with van der Waals surface area (Å²) >= 11 is 9.22. The number of amides is 1. The zero-order valence-corrected chi connectivity index (χ0v) is 13.6. The lowest BCUT2D eigenvalue weighted by Crippen LogP contribution is -2.12. The van der Waals surface area contributed by atoms with Crippen LogP contribution in [0.1, 0.15) is 10.4 Å². The highest BCUT2D eigenvalue weighted by Gasteiger charge is 2.17. The summed E-state index contributed by atoms with van der Waals surface area (Å²) in [6, 6.07) is 3.80. The van der Waals surface area contributed by atoms with Crippen LogP contribution in [-0.2, 0) is 0 Å². The first kappa shape index (κ1) is 15.4. The number of anilines is 1. The molecular formula is C13H7BrClN5O3. The minimum Gasteiger partial charge on any atom is -0.320 e. The molecule has 0 saturated heterocycles. The van der Waals surface area contributed by atoms with Gasteiger partial charge in [0.25, 0.3) is 11.6 Å². The molecule has 0 aliphatic carbocycles. The summed E-state index contributed by atoms with van der Waals surface area (Å²) in [6.45, 7) is 0. The number of nitrogens with one attached hydrogen (secondary N) is 1. The highest BCUT2D eigenvalue weighted by atomic mass is 79.9. The molecule has 2 heterocycles. The van der Waals surface area contributed by atoms with Crippen LogP contribution in [0, 0.1) is 10.1 Å². The van der Waals surface area contributed by atoms with Gasteiger partial charge in [-0.2, -0.15) is 5.10 Å². The number of nitro groups is 1. The average Bonchev–Trinajstić information content (AvgIpc) is 2.92. The SMILES string of the molecule is O=C(Nc1ccc([N+](=O)[O-])cc1Cl)c1cnn2cc(Br)cnc12. The number of rotatable bonds is 3. The summed E-state index contributed by atoms with van der Waals surface area (Å²) < 4.78 is 2.18. The van der Waals surface area contributed by atoms with Crippen LogP contribution in [0.4, 0.5) is 11.4 Å². The van der Waals surface area contributed by atoms with E-state index in [1.165, 1.54) is 28.9 Å². The third-order valence-corrected chi connectivity index (χ3v) is 3.70. The number of nitrogens with zero attached hydrogens (tertiary/aromatic N) is 4. The van der Waals surface area contributed by atoms with Crippen molar-refractivity contribution in [2.75, 3.05) is 5.32 Å². The lowest BCUT2D eigenvalue weighted by atomic mass is 10.2. The number of nitro benzene ring substituents is 1. The highest BCUT2D eigenvalue weighted by Crippen LogP contribution is 2.27. The summed E-state index contributed by atoms with van der Waals surface area (Å²) in [5.41, 5.74) is 0.741. The largest absolute Gasteiger partial charge is 0.320 e. The van der Waals surface area contributed by atoms with Crippen LogP contribution in [0.2, 0.25) is 5.02 Å². The number of hydrogen-bond donors (Lipinski definition) is 1. The fourth-order valence-corrected chi connectivity index (χ4v) is 2.44. The first-order chi connectivity index (χ1) is 11.0. The van der Waals surface area contributed by atoms with Gasteiger partial charge in [0, 0.05) is 24.5 Å². The van der Waals surface area contributed by atoms with Gasteiger partial charge in [0.15, 0.2) is 5.65 Å².